The summed E-state index contributed by atoms with van der Waals surface area (Å²) in [6.07, 6.45) is 6.96. The highest BCUT2D eigenvalue weighted by atomic mass is 16.3. The molecule has 0 aliphatic rings. The lowest BCUT2D eigenvalue weighted by Gasteiger charge is -2.11. The highest BCUT2D eigenvalue weighted by Gasteiger charge is 2.10. The fourth-order valence-corrected chi connectivity index (χ4v) is 1.37. The number of amides is 1. The van der Waals surface area contributed by atoms with Crippen LogP contribution in [0.4, 0.5) is 0 Å². The van der Waals surface area contributed by atoms with Gasteiger partial charge in [0.25, 0.3) is 5.91 Å². The summed E-state index contributed by atoms with van der Waals surface area (Å²) >= 11 is 0. The Morgan fingerprint density at radius 1 is 1.62 bits per heavy atom. The summed E-state index contributed by atoms with van der Waals surface area (Å²) in [4.78, 5) is 11.7. The predicted octanol–water partition coefficient (Wildman–Crippen LogP) is 1.92. The molecule has 84 valence electrons. The molecule has 3 heteroatoms. The van der Waals surface area contributed by atoms with Gasteiger partial charge in [0, 0.05) is 5.56 Å². The molecule has 1 amide bonds. The van der Waals surface area contributed by atoms with E-state index in [4.69, 9.17) is 6.42 Å². The Bertz CT molecular complexity index is 407. The van der Waals surface area contributed by atoms with Crippen molar-refractivity contribution in [3.8, 4) is 18.1 Å². The summed E-state index contributed by atoms with van der Waals surface area (Å²) in [6.45, 7) is 2.00. The summed E-state index contributed by atoms with van der Waals surface area (Å²) in [5.41, 5.74) is 0.413. The van der Waals surface area contributed by atoms with Crippen LogP contribution in [0, 0.1) is 12.3 Å². The van der Waals surface area contributed by atoms with Crippen molar-refractivity contribution >= 4 is 5.91 Å². The van der Waals surface area contributed by atoms with E-state index in [9.17, 15) is 9.90 Å². The summed E-state index contributed by atoms with van der Waals surface area (Å²) in [7, 11) is 0. The zero-order chi connectivity index (χ0) is 12.0. The average Bonchev–Trinajstić information content (AvgIpc) is 2.28. The third-order valence-electron chi connectivity index (χ3n) is 2.19. The molecule has 0 saturated carbocycles. The number of aromatic hydroxyl groups is 1. The first-order chi connectivity index (χ1) is 7.67. The van der Waals surface area contributed by atoms with Gasteiger partial charge in [-0.2, -0.15) is 0 Å². The van der Waals surface area contributed by atoms with Crippen molar-refractivity contribution in [1.82, 2.24) is 5.32 Å². The van der Waals surface area contributed by atoms with Crippen molar-refractivity contribution in [1.29, 1.82) is 0 Å². The van der Waals surface area contributed by atoms with Gasteiger partial charge in [-0.15, -0.1) is 6.42 Å². The Hall–Kier alpha value is -1.95. The minimum atomic E-state index is -0.257. The van der Waals surface area contributed by atoms with Crippen molar-refractivity contribution in [3.05, 3.63) is 29.8 Å². The largest absolute Gasteiger partial charge is 0.508 e. The second-order valence-corrected chi connectivity index (χ2v) is 3.53. The maximum Gasteiger partial charge on any atom is 0.252 e. The predicted molar refractivity (Wildman–Crippen MR) is 63.1 cm³/mol. The molecule has 0 spiro atoms. The lowest BCUT2D eigenvalue weighted by molar-refractivity contribution is 0.0944. The first-order valence-electron chi connectivity index (χ1n) is 5.23. The van der Waals surface area contributed by atoms with Gasteiger partial charge in [0.1, 0.15) is 5.75 Å². The molecule has 1 unspecified atom stereocenters. The molecule has 0 heterocycles. The normalized spacial score (nSPS) is 11.5. The molecule has 0 fully saturated rings. The van der Waals surface area contributed by atoms with Gasteiger partial charge in [0.2, 0.25) is 0 Å². The number of benzene rings is 1. The molecule has 1 aromatic carbocycles. The first-order valence-corrected chi connectivity index (χ1v) is 5.23. The van der Waals surface area contributed by atoms with Gasteiger partial charge in [-0.25, -0.2) is 0 Å². The fraction of sp³-hybridized carbons (Fsp3) is 0.308. The van der Waals surface area contributed by atoms with Crippen LogP contribution in [0.15, 0.2) is 24.3 Å². The summed E-state index contributed by atoms with van der Waals surface area (Å²) in [5, 5.41) is 12.0. The van der Waals surface area contributed by atoms with Gasteiger partial charge in [-0.3, -0.25) is 4.79 Å². The minimum absolute atomic E-state index is 0.0698. The number of terminal acetylenes is 1. The average molecular weight is 217 g/mol. The molecule has 0 aliphatic heterocycles. The highest BCUT2D eigenvalue weighted by molar-refractivity contribution is 5.94. The number of hydrogen-bond acceptors (Lipinski definition) is 2. The molecule has 0 bridgehead atoms. The molecule has 16 heavy (non-hydrogen) atoms. The van der Waals surface area contributed by atoms with Crippen LogP contribution in [0.25, 0.3) is 0 Å². The van der Waals surface area contributed by atoms with Crippen LogP contribution >= 0.6 is 0 Å². The van der Waals surface area contributed by atoms with Gasteiger partial charge in [-0.1, -0.05) is 25.3 Å². The zero-order valence-electron chi connectivity index (χ0n) is 9.23. The van der Waals surface area contributed by atoms with Crippen LogP contribution in [0.3, 0.4) is 0 Å². The topological polar surface area (TPSA) is 49.3 Å². The fourth-order valence-electron chi connectivity index (χ4n) is 1.37. The maximum atomic E-state index is 11.7. The Balaban J connectivity index is 2.69. The smallest absolute Gasteiger partial charge is 0.252 e. The molecule has 1 aromatic rings. The van der Waals surface area contributed by atoms with Crippen LogP contribution in [-0.4, -0.2) is 17.1 Å². The molecule has 1 atom stereocenters. The third-order valence-corrected chi connectivity index (χ3v) is 2.19. The van der Waals surface area contributed by atoms with Crippen LogP contribution in [0.1, 0.15) is 30.1 Å². The van der Waals surface area contributed by atoms with E-state index in [1.165, 1.54) is 12.1 Å². The second kappa shape index (κ2) is 5.82. The number of phenolic OH excluding ortho intramolecular Hbond substituents is 1. The number of rotatable bonds is 4. The van der Waals surface area contributed by atoms with Crippen molar-refractivity contribution in [3.63, 3.8) is 0 Å². The van der Waals surface area contributed by atoms with E-state index in [1.807, 2.05) is 6.92 Å². The standard InChI is InChI=1S/C13H15NO2/c1-3-6-11(4-2)14-13(16)10-7-5-8-12(15)9-10/h2,5,7-9,11,15H,3,6H2,1H3,(H,14,16). The van der Waals surface area contributed by atoms with Crippen LogP contribution in [-0.2, 0) is 0 Å². The highest BCUT2D eigenvalue weighted by Crippen LogP contribution is 2.11. The molecule has 1 rings (SSSR count). The van der Waals surface area contributed by atoms with E-state index in [0.29, 0.717) is 5.56 Å². The van der Waals surface area contributed by atoms with Gasteiger partial charge in [-0.05, 0) is 24.6 Å². The number of carbonyl (C=O) groups is 1. The molecule has 3 nitrogen and oxygen atoms in total. The van der Waals surface area contributed by atoms with E-state index >= 15 is 0 Å². The lowest BCUT2D eigenvalue weighted by Crippen LogP contribution is -2.33. The third kappa shape index (κ3) is 3.32. The Labute approximate surface area is 95.5 Å². The van der Waals surface area contributed by atoms with Gasteiger partial charge >= 0.3 is 0 Å². The Morgan fingerprint density at radius 2 is 2.38 bits per heavy atom. The monoisotopic (exact) mass is 217 g/mol. The van der Waals surface area contributed by atoms with Gasteiger partial charge in [0.05, 0.1) is 6.04 Å². The van der Waals surface area contributed by atoms with E-state index in [2.05, 4.69) is 11.2 Å². The van der Waals surface area contributed by atoms with E-state index in [0.717, 1.165) is 12.8 Å². The number of nitrogens with one attached hydrogen (secondary N) is 1. The van der Waals surface area contributed by atoms with Crippen LogP contribution < -0.4 is 5.32 Å². The van der Waals surface area contributed by atoms with E-state index in [1.54, 1.807) is 12.1 Å². The summed E-state index contributed by atoms with van der Waals surface area (Å²) < 4.78 is 0. The molecule has 0 aromatic heterocycles. The molecule has 0 radical (unpaired) electrons. The SMILES string of the molecule is C#CC(CCC)NC(=O)c1cccc(O)c1. The quantitative estimate of drug-likeness (QED) is 0.757. The molecule has 2 N–H and O–H groups in total. The van der Waals surface area contributed by atoms with E-state index < -0.39 is 0 Å². The minimum Gasteiger partial charge on any atom is -0.508 e. The van der Waals surface area contributed by atoms with Crippen LogP contribution in [0.5, 0.6) is 5.75 Å². The Morgan fingerprint density at radius 3 is 2.94 bits per heavy atom. The van der Waals surface area contributed by atoms with Crippen molar-refractivity contribution in [2.75, 3.05) is 0 Å². The summed E-state index contributed by atoms with van der Waals surface area (Å²) in [5.74, 6) is 2.34. The molecule has 0 aliphatic carbocycles. The lowest BCUT2D eigenvalue weighted by atomic mass is 10.1. The van der Waals surface area contributed by atoms with Gasteiger partial charge in [0.15, 0.2) is 0 Å². The first kappa shape index (κ1) is 12.1. The number of carbonyl (C=O) groups excluding carboxylic acids is 1. The van der Waals surface area contributed by atoms with Crippen molar-refractivity contribution in [2.24, 2.45) is 0 Å². The van der Waals surface area contributed by atoms with E-state index in [-0.39, 0.29) is 17.7 Å². The van der Waals surface area contributed by atoms with Crippen molar-refractivity contribution < 1.29 is 9.90 Å². The summed E-state index contributed by atoms with van der Waals surface area (Å²) in [6, 6.07) is 5.93. The van der Waals surface area contributed by atoms with Crippen LogP contribution in [0.2, 0.25) is 0 Å². The van der Waals surface area contributed by atoms with Gasteiger partial charge < -0.3 is 10.4 Å². The zero-order valence-corrected chi connectivity index (χ0v) is 9.23. The second-order valence-electron chi connectivity index (χ2n) is 3.53. The number of phenols is 1. The molecule has 0 saturated heterocycles. The number of hydrogen-bond donors (Lipinski definition) is 2. The molecular weight excluding hydrogens is 202 g/mol. The van der Waals surface area contributed by atoms with Crippen molar-refractivity contribution in [2.45, 2.75) is 25.8 Å². The Kier molecular flexibility index (Phi) is 4.41. The maximum absolute atomic E-state index is 11.7. The molecular formula is C13H15NO2.